The molecular weight excluding hydrogens is 410 g/mol. The van der Waals surface area contributed by atoms with Crippen LogP contribution in [-0.2, 0) is 25.5 Å². The molecule has 2 amide bonds. The summed E-state index contributed by atoms with van der Waals surface area (Å²) in [5.41, 5.74) is 0. The molecule has 30 heavy (non-hydrogen) atoms. The topological polar surface area (TPSA) is 119 Å². The summed E-state index contributed by atoms with van der Waals surface area (Å²) >= 11 is 1.56. The standard InChI is InChI=1S/C18H27N3O6S.C2H6/c1-2-27-14(22)12-20-7-9-21(10-8-20)18(26)16(24)15(23)17(25)19-6-5-13-4-3-11-28-13;1-2/h3-4,11,15-16,23-24H,2,5-10,12H2,1H3,(H,19,25);1-2H3. The summed E-state index contributed by atoms with van der Waals surface area (Å²) < 4.78 is 4.89. The molecule has 2 rings (SSSR count). The SMILES string of the molecule is CC.CCOC(=O)CN1CCN(C(=O)C(O)C(O)C(=O)NCCc2cccs2)CC1. The van der Waals surface area contributed by atoms with E-state index in [-0.39, 0.29) is 12.5 Å². The number of ether oxygens (including phenoxy) is 1. The zero-order chi connectivity index (χ0) is 22.5. The number of rotatable bonds is 9. The highest BCUT2D eigenvalue weighted by molar-refractivity contribution is 7.09. The van der Waals surface area contributed by atoms with E-state index in [1.165, 1.54) is 4.90 Å². The molecule has 170 valence electrons. The van der Waals surface area contributed by atoms with E-state index >= 15 is 0 Å². The molecule has 1 fully saturated rings. The van der Waals surface area contributed by atoms with Crippen LogP contribution in [-0.4, -0.2) is 95.9 Å². The molecule has 2 atom stereocenters. The van der Waals surface area contributed by atoms with Crippen LogP contribution in [0.5, 0.6) is 0 Å². The summed E-state index contributed by atoms with van der Waals surface area (Å²) in [6, 6.07) is 3.85. The molecule has 0 spiro atoms. The molecule has 0 saturated carbocycles. The molecule has 1 aromatic heterocycles. The Hall–Kier alpha value is -2.01. The number of carbonyl (C=O) groups is 3. The van der Waals surface area contributed by atoms with Crippen LogP contribution in [0.25, 0.3) is 0 Å². The van der Waals surface area contributed by atoms with Gasteiger partial charge in [0.05, 0.1) is 13.2 Å². The van der Waals surface area contributed by atoms with Crippen molar-refractivity contribution in [3.05, 3.63) is 22.4 Å². The molecule has 0 radical (unpaired) electrons. The van der Waals surface area contributed by atoms with Crippen molar-refractivity contribution < 1.29 is 29.3 Å². The van der Waals surface area contributed by atoms with Gasteiger partial charge in [0.15, 0.2) is 12.2 Å². The summed E-state index contributed by atoms with van der Waals surface area (Å²) in [6.07, 6.45) is -3.03. The Morgan fingerprint density at radius 2 is 1.83 bits per heavy atom. The van der Waals surface area contributed by atoms with E-state index in [2.05, 4.69) is 5.32 Å². The van der Waals surface area contributed by atoms with Gasteiger partial charge in [-0.25, -0.2) is 0 Å². The van der Waals surface area contributed by atoms with E-state index in [1.54, 1.807) is 18.3 Å². The average Bonchev–Trinajstić information content (AvgIpc) is 3.27. The Balaban J connectivity index is 0.00000218. The molecular formula is C20H33N3O6S. The van der Waals surface area contributed by atoms with Crippen molar-refractivity contribution in [1.82, 2.24) is 15.1 Å². The minimum Gasteiger partial charge on any atom is -0.465 e. The normalized spacial score (nSPS) is 16.1. The number of nitrogens with zero attached hydrogens (tertiary/aromatic N) is 2. The van der Waals surface area contributed by atoms with E-state index in [9.17, 15) is 24.6 Å². The van der Waals surface area contributed by atoms with Gasteiger partial charge in [-0.15, -0.1) is 11.3 Å². The average molecular weight is 444 g/mol. The third-order valence-electron chi connectivity index (χ3n) is 4.41. The lowest BCUT2D eigenvalue weighted by molar-refractivity contribution is -0.155. The quantitative estimate of drug-likeness (QED) is 0.455. The van der Waals surface area contributed by atoms with Crippen molar-refractivity contribution in [3.63, 3.8) is 0 Å². The Kier molecular flexibility index (Phi) is 12.2. The number of aliphatic hydroxyl groups excluding tert-OH is 2. The van der Waals surface area contributed by atoms with Crippen molar-refractivity contribution in [3.8, 4) is 0 Å². The zero-order valence-electron chi connectivity index (χ0n) is 17.9. The Morgan fingerprint density at radius 1 is 1.17 bits per heavy atom. The van der Waals surface area contributed by atoms with Crippen LogP contribution < -0.4 is 5.32 Å². The predicted octanol–water partition coefficient (Wildman–Crippen LogP) is -0.138. The fourth-order valence-electron chi connectivity index (χ4n) is 2.85. The van der Waals surface area contributed by atoms with Gasteiger partial charge < -0.3 is 25.2 Å². The summed E-state index contributed by atoms with van der Waals surface area (Å²) in [7, 11) is 0. The van der Waals surface area contributed by atoms with E-state index in [0.717, 1.165) is 4.88 Å². The first-order valence-corrected chi connectivity index (χ1v) is 11.1. The van der Waals surface area contributed by atoms with Crippen LogP contribution in [0.1, 0.15) is 25.6 Å². The zero-order valence-corrected chi connectivity index (χ0v) is 18.7. The van der Waals surface area contributed by atoms with E-state index in [4.69, 9.17) is 4.74 Å². The molecule has 9 nitrogen and oxygen atoms in total. The number of hydrogen-bond acceptors (Lipinski definition) is 8. The number of thiophene rings is 1. The number of hydrogen-bond donors (Lipinski definition) is 3. The van der Waals surface area contributed by atoms with Gasteiger partial charge in [-0.3, -0.25) is 19.3 Å². The molecule has 1 aromatic rings. The number of esters is 1. The molecule has 3 N–H and O–H groups in total. The van der Waals surface area contributed by atoms with Crippen LogP contribution in [0.4, 0.5) is 0 Å². The molecule has 10 heteroatoms. The minimum atomic E-state index is -1.83. The van der Waals surface area contributed by atoms with Gasteiger partial charge in [0, 0.05) is 37.6 Å². The maximum Gasteiger partial charge on any atom is 0.320 e. The molecule has 1 aliphatic heterocycles. The van der Waals surface area contributed by atoms with E-state index in [0.29, 0.717) is 45.8 Å². The highest BCUT2D eigenvalue weighted by Crippen LogP contribution is 2.09. The lowest BCUT2D eigenvalue weighted by Crippen LogP contribution is -2.56. The molecule has 0 bridgehead atoms. The van der Waals surface area contributed by atoms with Crippen LogP contribution in [0, 0.1) is 0 Å². The maximum absolute atomic E-state index is 12.4. The number of carbonyl (C=O) groups excluding carboxylic acids is 3. The first-order chi connectivity index (χ1) is 14.4. The fraction of sp³-hybridized carbons (Fsp3) is 0.650. The summed E-state index contributed by atoms with van der Waals surface area (Å²) in [5, 5.41) is 24.5. The molecule has 0 aromatic carbocycles. The van der Waals surface area contributed by atoms with Crippen molar-refractivity contribution in [1.29, 1.82) is 0 Å². The number of nitrogens with one attached hydrogen (secondary N) is 1. The van der Waals surface area contributed by atoms with Gasteiger partial charge in [-0.2, -0.15) is 0 Å². The first kappa shape index (κ1) is 26.0. The van der Waals surface area contributed by atoms with Crippen molar-refractivity contribution in [2.75, 3.05) is 45.9 Å². The number of aliphatic hydroxyl groups is 2. The van der Waals surface area contributed by atoms with Crippen molar-refractivity contribution in [2.24, 2.45) is 0 Å². The highest BCUT2D eigenvalue weighted by atomic mass is 32.1. The van der Waals surface area contributed by atoms with Crippen molar-refractivity contribution >= 4 is 29.1 Å². The molecule has 1 aliphatic rings. The fourth-order valence-corrected chi connectivity index (χ4v) is 3.56. The second-order valence-electron chi connectivity index (χ2n) is 6.42. The van der Waals surface area contributed by atoms with Crippen LogP contribution in [0.3, 0.4) is 0 Å². The molecule has 2 unspecified atom stereocenters. The van der Waals surface area contributed by atoms with Gasteiger partial charge in [0.2, 0.25) is 0 Å². The van der Waals surface area contributed by atoms with Gasteiger partial charge in [0.1, 0.15) is 0 Å². The van der Waals surface area contributed by atoms with Gasteiger partial charge in [0.25, 0.3) is 11.8 Å². The highest BCUT2D eigenvalue weighted by Gasteiger charge is 2.34. The Labute approximate surface area is 181 Å². The third kappa shape index (κ3) is 8.39. The van der Waals surface area contributed by atoms with Crippen molar-refractivity contribution in [2.45, 2.75) is 39.4 Å². The Bertz CT molecular complexity index is 647. The van der Waals surface area contributed by atoms with Gasteiger partial charge in [-0.1, -0.05) is 19.9 Å². The Morgan fingerprint density at radius 3 is 2.40 bits per heavy atom. The summed E-state index contributed by atoms with van der Waals surface area (Å²) in [5.74, 6) is -1.80. The van der Waals surface area contributed by atoms with Gasteiger partial charge >= 0.3 is 5.97 Å². The van der Waals surface area contributed by atoms with Crippen LogP contribution >= 0.6 is 11.3 Å². The number of piperazine rings is 1. The van der Waals surface area contributed by atoms with Gasteiger partial charge in [-0.05, 0) is 24.8 Å². The lowest BCUT2D eigenvalue weighted by Gasteiger charge is -2.35. The predicted molar refractivity (Wildman–Crippen MR) is 114 cm³/mol. The van der Waals surface area contributed by atoms with E-state index in [1.807, 2.05) is 36.3 Å². The second-order valence-corrected chi connectivity index (χ2v) is 7.45. The van der Waals surface area contributed by atoms with E-state index < -0.39 is 24.0 Å². The molecule has 2 heterocycles. The molecule has 1 saturated heterocycles. The van der Waals surface area contributed by atoms with Crippen LogP contribution in [0.2, 0.25) is 0 Å². The summed E-state index contributed by atoms with van der Waals surface area (Å²) in [6.45, 7) is 7.98. The second kappa shape index (κ2) is 14.1. The minimum absolute atomic E-state index is 0.147. The van der Waals surface area contributed by atoms with Crippen LogP contribution in [0.15, 0.2) is 17.5 Å². The third-order valence-corrected chi connectivity index (χ3v) is 5.35. The molecule has 0 aliphatic carbocycles. The number of amides is 2. The smallest absolute Gasteiger partial charge is 0.320 e. The summed E-state index contributed by atoms with van der Waals surface area (Å²) in [4.78, 5) is 40.2. The first-order valence-electron chi connectivity index (χ1n) is 10.2. The lowest BCUT2D eigenvalue weighted by atomic mass is 10.1. The largest absolute Gasteiger partial charge is 0.465 e. The maximum atomic E-state index is 12.4. The monoisotopic (exact) mass is 443 g/mol.